The molecule has 1 aliphatic rings. The van der Waals surface area contributed by atoms with Gasteiger partial charge in [0.2, 0.25) is 0 Å². The van der Waals surface area contributed by atoms with Crippen LogP contribution in [0.3, 0.4) is 0 Å². The smallest absolute Gasteiger partial charge is 0.327 e. The second-order valence-electron chi connectivity index (χ2n) is 4.39. The monoisotopic (exact) mass is 254 g/mol. The van der Waals surface area contributed by atoms with E-state index in [0.29, 0.717) is 0 Å². The quantitative estimate of drug-likeness (QED) is 0.855. The summed E-state index contributed by atoms with van der Waals surface area (Å²) in [6.45, 7) is 0. The molecule has 0 spiro atoms. The highest BCUT2D eigenvalue weighted by Crippen LogP contribution is 2.16. The molecule has 1 unspecified atom stereocenters. The first-order valence-corrected chi connectivity index (χ1v) is 6.06. The minimum Gasteiger partial charge on any atom is -0.345 e. The molecule has 2 N–H and O–H groups in total. The van der Waals surface area contributed by atoms with E-state index in [1.54, 1.807) is 17.8 Å². The van der Waals surface area contributed by atoms with E-state index in [9.17, 15) is 4.79 Å². The minimum absolute atomic E-state index is 0.142. The average Bonchev–Trinajstić information content (AvgIpc) is 2.73. The van der Waals surface area contributed by atoms with Gasteiger partial charge in [-0.2, -0.15) is 0 Å². The number of aliphatic imine (C=N–C) groups is 1. The normalized spacial score (nSPS) is 17.4. The van der Waals surface area contributed by atoms with Gasteiger partial charge in [0, 0.05) is 7.05 Å². The van der Waals surface area contributed by atoms with Crippen molar-refractivity contribution in [3.8, 4) is 0 Å². The lowest BCUT2D eigenvalue weighted by Crippen LogP contribution is -2.22. The van der Waals surface area contributed by atoms with Crippen molar-refractivity contribution in [3.05, 3.63) is 58.1 Å². The number of anilines is 1. The molecule has 0 saturated heterocycles. The first kappa shape index (κ1) is 11.5. The average molecular weight is 254 g/mol. The van der Waals surface area contributed by atoms with E-state index in [1.807, 2.05) is 42.5 Å². The predicted molar refractivity (Wildman–Crippen MR) is 76.5 cm³/mol. The van der Waals surface area contributed by atoms with Crippen molar-refractivity contribution in [1.82, 2.24) is 9.55 Å². The van der Waals surface area contributed by atoms with Crippen LogP contribution < -0.4 is 11.0 Å². The second-order valence-corrected chi connectivity index (χ2v) is 4.39. The molecule has 0 fully saturated rings. The van der Waals surface area contributed by atoms with Gasteiger partial charge in [-0.1, -0.05) is 36.4 Å². The van der Waals surface area contributed by atoms with Crippen molar-refractivity contribution >= 4 is 18.1 Å². The Kier molecular flexibility index (Phi) is 2.79. The van der Waals surface area contributed by atoms with Crippen LogP contribution in [-0.4, -0.2) is 21.9 Å². The van der Waals surface area contributed by atoms with Crippen LogP contribution >= 0.6 is 0 Å². The van der Waals surface area contributed by atoms with Crippen LogP contribution in [0.25, 0.3) is 6.08 Å². The highest BCUT2D eigenvalue weighted by molar-refractivity contribution is 5.86. The standard InChI is InChI=1S/C14H14N4O/c1-18-13-11(16-14(18)19)9-15-12(17-13)8-7-10-5-3-2-4-6-10/h2-9,12,17H,1H3,(H,16,19)/b8-7+. The highest BCUT2D eigenvalue weighted by Gasteiger charge is 2.16. The van der Waals surface area contributed by atoms with Crippen LogP contribution in [0.5, 0.6) is 0 Å². The zero-order chi connectivity index (χ0) is 13.2. The summed E-state index contributed by atoms with van der Waals surface area (Å²) < 4.78 is 1.55. The van der Waals surface area contributed by atoms with Gasteiger partial charge in [-0.15, -0.1) is 0 Å². The number of hydrogen-bond donors (Lipinski definition) is 2. The molecule has 3 rings (SSSR count). The van der Waals surface area contributed by atoms with Crippen LogP contribution in [-0.2, 0) is 7.05 Å². The fourth-order valence-electron chi connectivity index (χ4n) is 2.00. The van der Waals surface area contributed by atoms with Crippen LogP contribution in [0.2, 0.25) is 0 Å². The van der Waals surface area contributed by atoms with Gasteiger partial charge in [0.05, 0.1) is 6.21 Å². The summed E-state index contributed by atoms with van der Waals surface area (Å²) in [6, 6.07) is 10.0. The van der Waals surface area contributed by atoms with Crippen molar-refractivity contribution in [2.45, 2.75) is 6.17 Å². The van der Waals surface area contributed by atoms with Crippen molar-refractivity contribution in [3.63, 3.8) is 0 Å². The summed E-state index contributed by atoms with van der Waals surface area (Å²) in [5, 5.41) is 3.20. The Morgan fingerprint density at radius 1 is 1.32 bits per heavy atom. The van der Waals surface area contributed by atoms with Gasteiger partial charge in [0.15, 0.2) is 0 Å². The minimum atomic E-state index is -0.158. The molecule has 1 aromatic carbocycles. The molecule has 1 atom stereocenters. The summed E-state index contributed by atoms with van der Waals surface area (Å²) in [4.78, 5) is 18.5. The van der Waals surface area contributed by atoms with Crippen LogP contribution in [0.1, 0.15) is 11.3 Å². The van der Waals surface area contributed by atoms with Crippen molar-refractivity contribution in [2.75, 3.05) is 5.32 Å². The number of fused-ring (bicyclic) bond motifs is 1. The number of aromatic nitrogens is 2. The van der Waals surface area contributed by atoms with E-state index in [1.165, 1.54) is 0 Å². The summed E-state index contributed by atoms with van der Waals surface area (Å²) in [5.41, 5.74) is 1.70. The Labute approximate surface area is 110 Å². The van der Waals surface area contributed by atoms with E-state index in [0.717, 1.165) is 17.1 Å². The second kappa shape index (κ2) is 4.61. The molecule has 19 heavy (non-hydrogen) atoms. The first-order valence-electron chi connectivity index (χ1n) is 6.06. The summed E-state index contributed by atoms with van der Waals surface area (Å²) in [7, 11) is 1.72. The molecule has 2 aromatic rings. The van der Waals surface area contributed by atoms with Gasteiger partial charge >= 0.3 is 5.69 Å². The number of nitrogens with one attached hydrogen (secondary N) is 2. The van der Waals surface area contributed by atoms with E-state index < -0.39 is 0 Å². The fraction of sp³-hybridized carbons (Fsp3) is 0.143. The predicted octanol–water partition coefficient (Wildman–Crippen LogP) is 1.60. The highest BCUT2D eigenvalue weighted by atomic mass is 16.1. The number of H-pyrrole nitrogens is 1. The molecule has 5 heteroatoms. The van der Waals surface area contributed by atoms with Gasteiger partial charge < -0.3 is 10.3 Å². The third-order valence-electron chi connectivity index (χ3n) is 3.06. The van der Waals surface area contributed by atoms with Crippen LogP contribution in [0, 0.1) is 0 Å². The zero-order valence-corrected chi connectivity index (χ0v) is 10.5. The number of aromatic amines is 1. The van der Waals surface area contributed by atoms with Crippen LogP contribution in [0.15, 0.2) is 46.2 Å². The van der Waals surface area contributed by atoms with Gasteiger partial charge in [-0.25, -0.2) is 4.79 Å². The Balaban J connectivity index is 1.81. The van der Waals surface area contributed by atoms with Crippen molar-refractivity contribution in [1.29, 1.82) is 0 Å². The number of imidazole rings is 1. The molecule has 0 saturated carbocycles. The van der Waals surface area contributed by atoms with E-state index in [4.69, 9.17) is 0 Å². The van der Waals surface area contributed by atoms with Crippen molar-refractivity contribution in [2.24, 2.45) is 12.0 Å². The van der Waals surface area contributed by atoms with Gasteiger partial charge in [-0.3, -0.25) is 9.56 Å². The van der Waals surface area contributed by atoms with Gasteiger partial charge in [0.1, 0.15) is 17.7 Å². The lowest BCUT2D eigenvalue weighted by atomic mass is 10.2. The zero-order valence-electron chi connectivity index (χ0n) is 10.5. The maximum atomic E-state index is 11.5. The first-order chi connectivity index (χ1) is 9.24. The number of hydrogen-bond acceptors (Lipinski definition) is 3. The lowest BCUT2D eigenvalue weighted by Gasteiger charge is -2.16. The Morgan fingerprint density at radius 3 is 2.89 bits per heavy atom. The maximum Gasteiger partial charge on any atom is 0.327 e. The third-order valence-corrected chi connectivity index (χ3v) is 3.06. The summed E-state index contributed by atoms with van der Waals surface area (Å²) in [6.07, 6.45) is 5.50. The Bertz CT molecular complexity index is 694. The van der Waals surface area contributed by atoms with Gasteiger partial charge in [0.25, 0.3) is 0 Å². The molecule has 2 heterocycles. The third kappa shape index (κ3) is 2.22. The molecular weight excluding hydrogens is 240 g/mol. The molecule has 0 aliphatic carbocycles. The van der Waals surface area contributed by atoms with E-state index in [-0.39, 0.29) is 11.9 Å². The summed E-state index contributed by atoms with van der Waals surface area (Å²) >= 11 is 0. The van der Waals surface area contributed by atoms with Crippen molar-refractivity contribution < 1.29 is 0 Å². The molecule has 0 radical (unpaired) electrons. The molecular formula is C14H14N4O. The fourth-order valence-corrected chi connectivity index (χ4v) is 2.00. The van der Waals surface area contributed by atoms with E-state index >= 15 is 0 Å². The molecule has 1 aromatic heterocycles. The molecule has 0 bridgehead atoms. The maximum absolute atomic E-state index is 11.5. The largest absolute Gasteiger partial charge is 0.345 e. The number of rotatable bonds is 2. The van der Waals surface area contributed by atoms with Crippen LogP contribution in [0.4, 0.5) is 5.82 Å². The van der Waals surface area contributed by atoms with E-state index in [2.05, 4.69) is 15.3 Å². The van der Waals surface area contributed by atoms with Gasteiger partial charge in [-0.05, 0) is 11.6 Å². The Hall–Kier alpha value is -2.56. The summed E-state index contributed by atoms with van der Waals surface area (Å²) in [5.74, 6) is 0.766. The SMILES string of the molecule is Cn1c2c([nH]c1=O)C=NC(/C=C/c1ccccc1)N2. The molecule has 1 aliphatic heterocycles. The molecule has 5 nitrogen and oxygen atoms in total. The topological polar surface area (TPSA) is 62.2 Å². The molecule has 0 amide bonds. The lowest BCUT2D eigenvalue weighted by molar-refractivity contribution is 0.835. The molecule has 96 valence electrons. The number of benzene rings is 1. The number of nitrogens with zero attached hydrogens (tertiary/aromatic N) is 2. The Morgan fingerprint density at radius 2 is 2.11 bits per heavy atom.